The maximum absolute atomic E-state index is 12.0. The molecule has 7 nitrogen and oxygen atoms in total. The second-order valence-electron chi connectivity index (χ2n) is 4.45. The van der Waals surface area contributed by atoms with Crippen molar-refractivity contribution in [3.05, 3.63) is 28.3 Å². The number of anilines is 1. The molecule has 0 spiro atoms. The minimum atomic E-state index is 0.0354. The van der Waals surface area contributed by atoms with E-state index < -0.39 is 0 Å². The van der Waals surface area contributed by atoms with Gasteiger partial charge in [-0.15, -0.1) is 0 Å². The summed E-state index contributed by atoms with van der Waals surface area (Å²) >= 11 is 0. The average Bonchev–Trinajstić information content (AvgIpc) is 2.77. The van der Waals surface area contributed by atoms with E-state index >= 15 is 0 Å². The minimum absolute atomic E-state index is 0.0354. The normalized spacial score (nSPS) is 18.3. The average molecular weight is 261 g/mol. The first-order valence-electron chi connectivity index (χ1n) is 5.98. The van der Waals surface area contributed by atoms with Crippen LogP contribution in [0.3, 0.4) is 0 Å². The quantitative estimate of drug-likeness (QED) is 0.472. The highest BCUT2D eigenvalue weighted by molar-refractivity contribution is 5.96. The van der Waals surface area contributed by atoms with Gasteiger partial charge >= 0.3 is 0 Å². The van der Waals surface area contributed by atoms with Crippen LogP contribution >= 0.6 is 0 Å². The van der Waals surface area contributed by atoms with Gasteiger partial charge in [-0.25, -0.2) is 4.98 Å². The van der Waals surface area contributed by atoms with Crippen molar-refractivity contribution >= 4 is 11.6 Å². The number of aryl methyl sites for hydroxylation is 1. The summed E-state index contributed by atoms with van der Waals surface area (Å²) in [6.45, 7) is 2.75. The van der Waals surface area contributed by atoms with Crippen molar-refractivity contribution in [3.8, 4) is 5.88 Å². The van der Waals surface area contributed by atoms with Crippen molar-refractivity contribution in [2.45, 2.75) is 13.3 Å². The number of carbonyl (C=O) groups excluding carboxylic acids is 1. The molecule has 0 aromatic carbocycles. The molecule has 0 aliphatic carbocycles. The largest absolute Gasteiger partial charge is 0.481 e. The first-order valence-corrected chi connectivity index (χ1v) is 5.98. The monoisotopic (exact) mass is 261 g/mol. The fourth-order valence-corrected chi connectivity index (χ4v) is 2.22. The van der Waals surface area contributed by atoms with Gasteiger partial charge in [0.25, 0.3) is 0 Å². The first-order chi connectivity index (χ1) is 9.15. The standard InChI is InChI=1S/C12H15N5O2/c1-8-10(3-4-11(15-8)19-2)17-7-9(5-12(17)18)6-14-16-13/h3-4,9H,5-7H2,1-2H3. The third kappa shape index (κ3) is 2.77. The van der Waals surface area contributed by atoms with E-state index in [2.05, 4.69) is 15.0 Å². The Morgan fingerprint density at radius 1 is 1.63 bits per heavy atom. The Hall–Kier alpha value is -2.27. The zero-order valence-electron chi connectivity index (χ0n) is 10.9. The predicted octanol–water partition coefficient (Wildman–Crippen LogP) is 2.06. The lowest BCUT2D eigenvalue weighted by Crippen LogP contribution is -2.25. The molecule has 1 aliphatic rings. The molecule has 1 fully saturated rings. The number of aromatic nitrogens is 1. The van der Waals surface area contributed by atoms with Gasteiger partial charge in [0, 0.05) is 30.5 Å². The Kier molecular flexibility index (Phi) is 3.87. The third-order valence-corrected chi connectivity index (χ3v) is 3.14. The third-order valence-electron chi connectivity index (χ3n) is 3.14. The number of nitrogens with zero attached hydrogens (tertiary/aromatic N) is 5. The molecule has 1 atom stereocenters. The predicted molar refractivity (Wildman–Crippen MR) is 70.0 cm³/mol. The molecule has 2 heterocycles. The second kappa shape index (κ2) is 5.58. The number of carbonyl (C=O) groups is 1. The Morgan fingerprint density at radius 3 is 3.05 bits per heavy atom. The minimum Gasteiger partial charge on any atom is -0.481 e. The van der Waals surface area contributed by atoms with Crippen LogP contribution in [-0.4, -0.2) is 31.1 Å². The Bertz CT molecular complexity index is 539. The van der Waals surface area contributed by atoms with Crippen molar-refractivity contribution in [2.75, 3.05) is 25.1 Å². The number of amides is 1. The summed E-state index contributed by atoms with van der Waals surface area (Å²) in [5.74, 6) is 0.636. The summed E-state index contributed by atoms with van der Waals surface area (Å²) in [6, 6.07) is 3.56. The number of rotatable bonds is 4. The highest BCUT2D eigenvalue weighted by Gasteiger charge is 2.31. The molecule has 7 heteroatoms. The molecule has 1 unspecified atom stereocenters. The highest BCUT2D eigenvalue weighted by atomic mass is 16.5. The number of pyridine rings is 1. The molecule has 0 bridgehead atoms. The lowest BCUT2D eigenvalue weighted by atomic mass is 10.1. The zero-order valence-corrected chi connectivity index (χ0v) is 10.9. The molecule has 0 radical (unpaired) electrons. The van der Waals surface area contributed by atoms with Gasteiger partial charge in [0.15, 0.2) is 0 Å². The van der Waals surface area contributed by atoms with Crippen LogP contribution in [0.15, 0.2) is 17.2 Å². The van der Waals surface area contributed by atoms with Crippen molar-refractivity contribution in [3.63, 3.8) is 0 Å². The summed E-state index contributed by atoms with van der Waals surface area (Å²) in [5, 5.41) is 3.53. The van der Waals surface area contributed by atoms with E-state index in [1.165, 1.54) is 0 Å². The molecule has 0 N–H and O–H groups in total. The lowest BCUT2D eigenvalue weighted by Gasteiger charge is -2.18. The number of methoxy groups -OCH3 is 1. The van der Waals surface area contributed by atoms with E-state index in [1.807, 2.05) is 13.0 Å². The van der Waals surface area contributed by atoms with Crippen molar-refractivity contribution in [1.82, 2.24) is 4.98 Å². The summed E-state index contributed by atoms with van der Waals surface area (Å²) in [6.07, 6.45) is 0.407. The maximum Gasteiger partial charge on any atom is 0.227 e. The van der Waals surface area contributed by atoms with Gasteiger partial charge < -0.3 is 9.64 Å². The molecular formula is C12H15N5O2. The van der Waals surface area contributed by atoms with Crippen LogP contribution in [0.2, 0.25) is 0 Å². The fraction of sp³-hybridized carbons (Fsp3) is 0.500. The van der Waals surface area contributed by atoms with E-state index in [9.17, 15) is 4.79 Å². The van der Waals surface area contributed by atoms with Gasteiger partial charge in [-0.3, -0.25) is 4.79 Å². The SMILES string of the molecule is COc1ccc(N2CC(CN=[N+]=[N-])CC2=O)c(C)n1. The van der Waals surface area contributed by atoms with E-state index in [0.717, 1.165) is 11.4 Å². The molecule has 2 rings (SSSR count). The van der Waals surface area contributed by atoms with Gasteiger partial charge in [-0.1, -0.05) is 5.11 Å². The number of ether oxygens (including phenoxy) is 1. The van der Waals surface area contributed by atoms with Gasteiger partial charge in [0.1, 0.15) is 0 Å². The van der Waals surface area contributed by atoms with Crippen LogP contribution in [0.5, 0.6) is 5.88 Å². The summed E-state index contributed by atoms with van der Waals surface area (Å²) in [7, 11) is 1.55. The molecule has 1 saturated heterocycles. The summed E-state index contributed by atoms with van der Waals surface area (Å²) < 4.78 is 5.04. The van der Waals surface area contributed by atoms with Gasteiger partial charge in [-0.2, -0.15) is 0 Å². The smallest absolute Gasteiger partial charge is 0.227 e. The van der Waals surface area contributed by atoms with E-state index in [4.69, 9.17) is 10.3 Å². The van der Waals surface area contributed by atoms with Gasteiger partial charge in [0.05, 0.1) is 18.5 Å². The molecule has 1 aromatic rings. The van der Waals surface area contributed by atoms with Crippen molar-refractivity contribution in [1.29, 1.82) is 0 Å². The van der Waals surface area contributed by atoms with Crippen LogP contribution < -0.4 is 9.64 Å². The fourth-order valence-electron chi connectivity index (χ4n) is 2.22. The maximum atomic E-state index is 12.0. The number of hydrogen-bond acceptors (Lipinski definition) is 4. The Morgan fingerprint density at radius 2 is 2.42 bits per heavy atom. The Balaban J connectivity index is 2.18. The van der Waals surface area contributed by atoms with Crippen molar-refractivity contribution in [2.24, 2.45) is 11.0 Å². The molecule has 0 saturated carbocycles. The van der Waals surface area contributed by atoms with Crippen molar-refractivity contribution < 1.29 is 9.53 Å². The Labute approximate surface area is 110 Å². The molecule has 100 valence electrons. The molecule has 19 heavy (non-hydrogen) atoms. The van der Waals surface area contributed by atoms with Crippen LogP contribution in [-0.2, 0) is 4.79 Å². The van der Waals surface area contributed by atoms with E-state index in [0.29, 0.717) is 25.4 Å². The van der Waals surface area contributed by atoms with E-state index in [1.54, 1.807) is 18.1 Å². The van der Waals surface area contributed by atoms with E-state index in [-0.39, 0.29) is 11.8 Å². The molecule has 1 aliphatic heterocycles. The zero-order chi connectivity index (χ0) is 13.8. The lowest BCUT2D eigenvalue weighted by molar-refractivity contribution is -0.117. The number of azide groups is 1. The molecule has 1 aromatic heterocycles. The van der Waals surface area contributed by atoms with Crippen LogP contribution in [0.4, 0.5) is 5.69 Å². The number of hydrogen-bond donors (Lipinski definition) is 0. The van der Waals surface area contributed by atoms with Gasteiger partial charge in [-0.05, 0) is 24.4 Å². The summed E-state index contributed by atoms with van der Waals surface area (Å²) in [4.78, 5) is 20.7. The molecular weight excluding hydrogens is 246 g/mol. The summed E-state index contributed by atoms with van der Waals surface area (Å²) in [5.41, 5.74) is 9.85. The van der Waals surface area contributed by atoms with Crippen LogP contribution in [0.25, 0.3) is 10.4 Å². The van der Waals surface area contributed by atoms with Crippen LogP contribution in [0, 0.1) is 12.8 Å². The topological polar surface area (TPSA) is 91.2 Å². The van der Waals surface area contributed by atoms with Crippen LogP contribution in [0.1, 0.15) is 12.1 Å². The molecule has 1 amide bonds. The highest BCUT2D eigenvalue weighted by Crippen LogP contribution is 2.28. The first kappa shape index (κ1) is 13.2. The second-order valence-corrected chi connectivity index (χ2v) is 4.45. The van der Waals surface area contributed by atoms with Gasteiger partial charge in [0.2, 0.25) is 11.8 Å².